The first kappa shape index (κ1) is 20.0. The van der Waals surface area contributed by atoms with Gasteiger partial charge in [-0.1, -0.05) is 12.6 Å². The minimum atomic E-state index is -3.03. The smallest absolute Gasteiger partial charge is 0.296 e. The van der Waals surface area contributed by atoms with Gasteiger partial charge in [-0.3, -0.25) is 0 Å². The number of nitrogens with one attached hydrogen (secondary N) is 1. The van der Waals surface area contributed by atoms with Crippen molar-refractivity contribution in [1.82, 2.24) is 24.8 Å². The molecule has 0 spiro atoms. The number of rotatable bonds is 4. The monoisotopic (exact) mass is 459 g/mol. The van der Waals surface area contributed by atoms with E-state index in [2.05, 4.69) is 32.2 Å². The lowest BCUT2D eigenvalue weighted by molar-refractivity contribution is 0.0172. The van der Waals surface area contributed by atoms with E-state index in [-0.39, 0.29) is 10.8 Å². The number of H-pyrrole nitrogens is 1. The van der Waals surface area contributed by atoms with E-state index < -0.39 is 12.0 Å². The van der Waals surface area contributed by atoms with E-state index in [1.165, 1.54) is 23.6 Å². The number of imidazole rings is 1. The van der Waals surface area contributed by atoms with Gasteiger partial charge in [-0.25, -0.2) is 19.3 Å². The fourth-order valence-electron chi connectivity index (χ4n) is 3.73. The Balaban J connectivity index is 1.63. The molecule has 5 nitrogen and oxygen atoms in total. The second kappa shape index (κ2) is 7.33. The summed E-state index contributed by atoms with van der Waals surface area (Å²) in [6, 6.07) is 4.42. The Morgan fingerprint density at radius 2 is 2.16 bits per heavy atom. The van der Waals surface area contributed by atoms with Crippen LogP contribution in [0.4, 0.5) is 13.2 Å². The molecule has 0 fully saturated rings. The number of aromatic amines is 1. The van der Waals surface area contributed by atoms with E-state index in [1.54, 1.807) is 12.4 Å². The SMILES string of the molecule is C=C=C(c1cnc(C(C)(F)F)s1)N1CCc2[nH]cnc2[C@H]1c1nc2c(F)cccc2s1. The van der Waals surface area contributed by atoms with Gasteiger partial charge in [0.1, 0.15) is 22.4 Å². The van der Waals surface area contributed by atoms with Crippen LogP contribution in [0, 0.1) is 5.82 Å². The third kappa shape index (κ3) is 3.37. The Morgan fingerprint density at radius 1 is 1.32 bits per heavy atom. The molecule has 0 saturated heterocycles. The molecule has 3 aromatic heterocycles. The maximum atomic E-state index is 14.3. The zero-order valence-corrected chi connectivity index (χ0v) is 18.0. The summed E-state index contributed by atoms with van der Waals surface area (Å²) < 4.78 is 42.6. The average molecular weight is 460 g/mol. The number of nitrogens with zero attached hydrogens (tertiary/aromatic N) is 4. The number of aromatic nitrogens is 4. The van der Waals surface area contributed by atoms with Crippen molar-refractivity contribution in [2.75, 3.05) is 6.54 Å². The van der Waals surface area contributed by atoms with Crippen molar-refractivity contribution in [2.24, 2.45) is 0 Å². The molecule has 5 rings (SSSR count). The van der Waals surface area contributed by atoms with Gasteiger partial charge in [0.25, 0.3) is 5.92 Å². The van der Waals surface area contributed by atoms with Gasteiger partial charge < -0.3 is 9.88 Å². The maximum absolute atomic E-state index is 14.3. The Hall–Kier alpha value is -2.94. The van der Waals surface area contributed by atoms with E-state index >= 15 is 0 Å². The summed E-state index contributed by atoms with van der Waals surface area (Å²) in [5.74, 6) is -3.42. The molecule has 0 saturated carbocycles. The van der Waals surface area contributed by atoms with Crippen molar-refractivity contribution < 1.29 is 13.2 Å². The number of benzene rings is 1. The predicted molar refractivity (Wildman–Crippen MR) is 115 cm³/mol. The number of fused-ring (bicyclic) bond motifs is 2. The van der Waals surface area contributed by atoms with Crippen molar-refractivity contribution in [2.45, 2.75) is 25.3 Å². The molecular formula is C21H16F3N5S2. The Morgan fingerprint density at radius 3 is 2.87 bits per heavy atom. The summed E-state index contributed by atoms with van der Waals surface area (Å²) >= 11 is 2.29. The Bertz CT molecular complexity index is 1330. The van der Waals surface area contributed by atoms with Crippen LogP contribution in [-0.2, 0) is 12.3 Å². The molecule has 0 aliphatic carbocycles. The minimum Gasteiger partial charge on any atom is -0.349 e. The third-order valence-electron chi connectivity index (χ3n) is 5.11. The second-order valence-corrected chi connectivity index (χ2v) is 9.29. The van der Waals surface area contributed by atoms with E-state index in [0.29, 0.717) is 34.1 Å². The predicted octanol–water partition coefficient (Wildman–Crippen LogP) is 5.50. The first-order valence-electron chi connectivity index (χ1n) is 9.45. The molecule has 10 heteroatoms. The average Bonchev–Trinajstić information content (AvgIpc) is 3.47. The van der Waals surface area contributed by atoms with Gasteiger partial charge in [-0.05, 0) is 12.1 Å². The molecule has 31 heavy (non-hydrogen) atoms. The van der Waals surface area contributed by atoms with Crippen molar-refractivity contribution in [3.05, 3.63) is 75.1 Å². The lowest BCUT2D eigenvalue weighted by Gasteiger charge is -2.35. The standard InChI is InChI=1S/C21H16F3N5S2/c1-3-13(15-9-25-20(31-15)21(2,23)24)29-8-7-12-17(27-10-26-12)18(29)19-28-16-11(22)5-4-6-14(16)30-19/h4-6,9-10,18H,1,7-8H2,2H3,(H,26,27)/t18-/m0/s1. The van der Waals surface area contributed by atoms with Crippen molar-refractivity contribution in [3.8, 4) is 0 Å². The number of thiazole rings is 2. The van der Waals surface area contributed by atoms with Crippen LogP contribution in [0.3, 0.4) is 0 Å². The van der Waals surface area contributed by atoms with Gasteiger partial charge in [0, 0.05) is 31.8 Å². The van der Waals surface area contributed by atoms with Gasteiger partial charge in [0.15, 0.2) is 5.01 Å². The number of para-hydroxylation sites is 1. The van der Waals surface area contributed by atoms with Gasteiger partial charge in [-0.2, -0.15) is 8.78 Å². The van der Waals surface area contributed by atoms with Crippen LogP contribution in [0.1, 0.15) is 39.2 Å². The van der Waals surface area contributed by atoms with Crippen LogP contribution in [0.2, 0.25) is 0 Å². The zero-order chi connectivity index (χ0) is 21.8. The summed E-state index contributed by atoms with van der Waals surface area (Å²) in [6.07, 6.45) is 3.71. The second-order valence-electron chi connectivity index (χ2n) is 7.19. The van der Waals surface area contributed by atoms with Crippen molar-refractivity contribution >= 4 is 38.6 Å². The summed E-state index contributed by atoms with van der Waals surface area (Å²) in [5.41, 5.74) is 5.49. The molecule has 1 aromatic carbocycles. The molecule has 4 aromatic rings. The van der Waals surface area contributed by atoms with E-state index in [9.17, 15) is 13.2 Å². The molecule has 1 aliphatic rings. The first-order chi connectivity index (χ1) is 14.9. The van der Waals surface area contributed by atoms with Crippen molar-refractivity contribution in [1.29, 1.82) is 0 Å². The summed E-state index contributed by atoms with van der Waals surface area (Å²) in [6.45, 7) is 5.18. The summed E-state index contributed by atoms with van der Waals surface area (Å²) in [5, 5.41) is 0.387. The maximum Gasteiger partial charge on any atom is 0.296 e. The fourth-order valence-corrected chi connectivity index (χ4v) is 5.72. The molecule has 4 heterocycles. The number of hydrogen-bond donors (Lipinski definition) is 1. The van der Waals surface area contributed by atoms with Gasteiger partial charge in [-0.15, -0.1) is 28.4 Å². The third-order valence-corrected chi connectivity index (χ3v) is 7.36. The lowest BCUT2D eigenvalue weighted by atomic mass is 10.0. The molecule has 1 N–H and O–H groups in total. The summed E-state index contributed by atoms with van der Waals surface area (Å²) in [4.78, 5) is 18.6. The highest BCUT2D eigenvalue weighted by atomic mass is 32.1. The molecule has 0 amide bonds. The van der Waals surface area contributed by atoms with Crippen LogP contribution in [-0.4, -0.2) is 31.4 Å². The van der Waals surface area contributed by atoms with Crippen LogP contribution in [0.15, 0.2) is 43.0 Å². The number of hydrogen-bond acceptors (Lipinski definition) is 6. The number of halogens is 3. The van der Waals surface area contributed by atoms with Crippen LogP contribution < -0.4 is 0 Å². The van der Waals surface area contributed by atoms with Gasteiger partial charge in [0.2, 0.25) is 0 Å². The highest BCUT2D eigenvalue weighted by molar-refractivity contribution is 7.18. The Labute approximate surface area is 183 Å². The summed E-state index contributed by atoms with van der Waals surface area (Å²) in [7, 11) is 0. The first-order valence-corrected chi connectivity index (χ1v) is 11.1. The molecule has 0 radical (unpaired) electrons. The zero-order valence-electron chi connectivity index (χ0n) is 16.3. The molecule has 0 bridgehead atoms. The van der Waals surface area contributed by atoms with Crippen molar-refractivity contribution in [3.63, 3.8) is 0 Å². The highest BCUT2D eigenvalue weighted by Gasteiger charge is 2.36. The number of alkyl halides is 2. The van der Waals surface area contributed by atoms with Crippen LogP contribution in [0.5, 0.6) is 0 Å². The van der Waals surface area contributed by atoms with Gasteiger partial charge >= 0.3 is 0 Å². The fraction of sp³-hybridized carbons (Fsp3) is 0.238. The van der Waals surface area contributed by atoms with E-state index in [0.717, 1.165) is 34.3 Å². The highest BCUT2D eigenvalue weighted by Crippen LogP contribution is 2.43. The molecule has 158 valence electrons. The topological polar surface area (TPSA) is 57.7 Å². The largest absolute Gasteiger partial charge is 0.349 e. The quantitative estimate of drug-likeness (QED) is 0.410. The molecule has 1 aliphatic heterocycles. The molecule has 0 unspecified atom stereocenters. The molecule has 1 atom stereocenters. The molecular weight excluding hydrogens is 443 g/mol. The van der Waals surface area contributed by atoms with Crippen LogP contribution >= 0.6 is 22.7 Å². The van der Waals surface area contributed by atoms with E-state index in [1.807, 2.05) is 11.0 Å². The van der Waals surface area contributed by atoms with Crippen LogP contribution in [0.25, 0.3) is 15.9 Å². The minimum absolute atomic E-state index is 0.272. The lowest BCUT2D eigenvalue weighted by Crippen LogP contribution is -2.34. The van der Waals surface area contributed by atoms with E-state index in [4.69, 9.17) is 0 Å². The van der Waals surface area contributed by atoms with Gasteiger partial charge in [0.05, 0.1) is 27.3 Å². The normalized spacial score (nSPS) is 16.4. The Kier molecular flexibility index (Phi) is 4.73.